The number of hydrogen-bond donors (Lipinski definition) is 2. The van der Waals surface area contributed by atoms with E-state index in [0.29, 0.717) is 13.2 Å². The lowest BCUT2D eigenvalue weighted by atomic mass is 10.1. The lowest BCUT2D eigenvalue weighted by molar-refractivity contribution is 0.0144. The molecule has 6 heteroatoms. The van der Waals surface area contributed by atoms with Gasteiger partial charge in [0.2, 0.25) is 0 Å². The molecule has 0 saturated heterocycles. The first-order chi connectivity index (χ1) is 11.1. The fourth-order valence-corrected chi connectivity index (χ4v) is 2.83. The average molecular weight is 325 g/mol. The van der Waals surface area contributed by atoms with E-state index in [9.17, 15) is 8.78 Å². The van der Waals surface area contributed by atoms with E-state index < -0.39 is 12.0 Å². The van der Waals surface area contributed by atoms with Crippen molar-refractivity contribution in [1.82, 2.24) is 10.3 Å². The topological polar surface area (TPSA) is 46.2 Å². The van der Waals surface area contributed by atoms with Crippen LogP contribution in [0, 0.1) is 0 Å². The monoisotopic (exact) mass is 325 g/mol. The summed E-state index contributed by atoms with van der Waals surface area (Å²) in [6.07, 6.45) is 4.44. The molecule has 0 radical (unpaired) electrons. The molecule has 1 aliphatic heterocycles. The SMILES string of the molecule is FC1(F)CC1OCCNCCCCc1ccc2c(n1)NCCC2. The molecular formula is C17H25F2N3O. The Bertz CT molecular complexity index is 525. The highest BCUT2D eigenvalue weighted by atomic mass is 19.3. The smallest absolute Gasteiger partial charge is 0.276 e. The summed E-state index contributed by atoms with van der Waals surface area (Å²) >= 11 is 0. The molecular weight excluding hydrogens is 300 g/mol. The fourth-order valence-electron chi connectivity index (χ4n) is 2.83. The molecule has 0 amide bonds. The van der Waals surface area contributed by atoms with Gasteiger partial charge in [-0.1, -0.05) is 6.07 Å². The van der Waals surface area contributed by atoms with Crippen molar-refractivity contribution in [2.24, 2.45) is 0 Å². The number of nitrogens with zero attached hydrogens (tertiary/aromatic N) is 1. The largest absolute Gasteiger partial charge is 0.370 e. The summed E-state index contributed by atoms with van der Waals surface area (Å²) in [4.78, 5) is 4.68. The van der Waals surface area contributed by atoms with Crippen molar-refractivity contribution >= 4 is 5.82 Å². The van der Waals surface area contributed by atoms with Gasteiger partial charge in [-0.05, 0) is 50.3 Å². The van der Waals surface area contributed by atoms with Crippen molar-refractivity contribution in [3.63, 3.8) is 0 Å². The Kier molecular flexibility index (Phi) is 5.43. The minimum Gasteiger partial charge on any atom is -0.370 e. The number of halogens is 2. The molecule has 1 aromatic rings. The van der Waals surface area contributed by atoms with Gasteiger partial charge in [0, 0.05) is 25.2 Å². The number of nitrogens with one attached hydrogen (secondary N) is 2. The maximum Gasteiger partial charge on any atom is 0.276 e. The molecule has 1 aromatic heterocycles. The number of aryl methyl sites for hydroxylation is 2. The summed E-state index contributed by atoms with van der Waals surface area (Å²) in [7, 11) is 0. The van der Waals surface area contributed by atoms with Crippen LogP contribution in [0.3, 0.4) is 0 Å². The van der Waals surface area contributed by atoms with Gasteiger partial charge >= 0.3 is 0 Å². The van der Waals surface area contributed by atoms with E-state index in [1.54, 1.807) is 0 Å². The lowest BCUT2D eigenvalue weighted by Crippen LogP contribution is -2.22. The van der Waals surface area contributed by atoms with E-state index >= 15 is 0 Å². The van der Waals surface area contributed by atoms with Crippen molar-refractivity contribution in [3.8, 4) is 0 Å². The highest BCUT2D eigenvalue weighted by molar-refractivity contribution is 5.46. The fraction of sp³-hybridized carbons (Fsp3) is 0.706. The Morgan fingerprint density at radius 3 is 3.00 bits per heavy atom. The number of hydrogen-bond acceptors (Lipinski definition) is 4. The molecule has 3 rings (SSSR count). The minimum absolute atomic E-state index is 0.115. The second kappa shape index (κ2) is 7.53. The minimum atomic E-state index is -2.57. The maximum atomic E-state index is 12.6. The third-order valence-electron chi connectivity index (χ3n) is 4.35. The van der Waals surface area contributed by atoms with Crippen molar-refractivity contribution in [2.75, 3.05) is 31.6 Å². The van der Waals surface area contributed by atoms with Gasteiger partial charge in [0.05, 0.1) is 6.61 Å². The number of pyridine rings is 1. The van der Waals surface area contributed by atoms with Crippen LogP contribution in [-0.4, -0.2) is 43.3 Å². The third kappa shape index (κ3) is 4.85. The summed E-state index contributed by atoms with van der Waals surface area (Å²) in [5.74, 6) is -1.52. The predicted molar refractivity (Wildman–Crippen MR) is 86.2 cm³/mol. The van der Waals surface area contributed by atoms with Crippen molar-refractivity contribution in [1.29, 1.82) is 0 Å². The molecule has 128 valence electrons. The Morgan fingerprint density at radius 1 is 1.30 bits per heavy atom. The van der Waals surface area contributed by atoms with Crippen LogP contribution in [0.1, 0.15) is 36.9 Å². The zero-order valence-electron chi connectivity index (χ0n) is 13.4. The van der Waals surface area contributed by atoms with Crippen molar-refractivity contribution in [3.05, 3.63) is 23.4 Å². The molecule has 2 N–H and O–H groups in total. The maximum absolute atomic E-state index is 12.6. The van der Waals surface area contributed by atoms with Gasteiger partial charge < -0.3 is 15.4 Å². The van der Waals surface area contributed by atoms with Gasteiger partial charge in [0.25, 0.3) is 5.92 Å². The number of anilines is 1. The molecule has 1 atom stereocenters. The van der Waals surface area contributed by atoms with Gasteiger partial charge in [-0.2, -0.15) is 0 Å². The molecule has 2 aliphatic rings. The van der Waals surface area contributed by atoms with Gasteiger partial charge in [-0.25, -0.2) is 13.8 Å². The summed E-state index contributed by atoms with van der Waals surface area (Å²) < 4.78 is 30.2. The molecule has 1 unspecified atom stereocenters. The van der Waals surface area contributed by atoms with E-state index in [0.717, 1.165) is 50.3 Å². The van der Waals surface area contributed by atoms with Crippen LogP contribution in [0.2, 0.25) is 0 Å². The van der Waals surface area contributed by atoms with Crippen LogP contribution in [-0.2, 0) is 17.6 Å². The van der Waals surface area contributed by atoms with Crippen molar-refractivity contribution in [2.45, 2.75) is 50.6 Å². The van der Waals surface area contributed by atoms with E-state index in [1.807, 2.05) is 0 Å². The normalized spacial score (nSPS) is 21.6. The Hall–Kier alpha value is -1.27. The summed E-state index contributed by atoms with van der Waals surface area (Å²) in [6, 6.07) is 4.32. The Labute approximate surface area is 136 Å². The lowest BCUT2D eigenvalue weighted by Gasteiger charge is -2.17. The Balaban J connectivity index is 1.23. The average Bonchev–Trinajstić information content (AvgIpc) is 3.16. The number of aromatic nitrogens is 1. The van der Waals surface area contributed by atoms with Gasteiger partial charge in [-0.3, -0.25) is 0 Å². The first-order valence-corrected chi connectivity index (χ1v) is 8.58. The van der Waals surface area contributed by atoms with Crippen LogP contribution in [0.5, 0.6) is 0 Å². The highest BCUT2D eigenvalue weighted by Gasteiger charge is 2.58. The number of ether oxygens (including phenoxy) is 1. The quantitative estimate of drug-likeness (QED) is 0.686. The van der Waals surface area contributed by atoms with E-state index in [2.05, 4.69) is 27.8 Å². The van der Waals surface area contributed by atoms with E-state index in [-0.39, 0.29) is 6.42 Å². The first-order valence-electron chi connectivity index (χ1n) is 8.58. The van der Waals surface area contributed by atoms with Crippen LogP contribution < -0.4 is 10.6 Å². The second-order valence-electron chi connectivity index (χ2n) is 6.37. The number of rotatable bonds is 9. The van der Waals surface area contributed by atoms with Crippen LogP contribution in [0.15, 0.2) is 12.1 Å². The van der Waals surface area contributed by atoms with E-state index in [4.69, 9.17) is 4.74 Å². The zero-order chi connectivity index (χ0) is 16.1. The second-order valence-corrected chi connectivity index (χ2v) is 6.37. The number of unbranched alkanes of at least 4 members (excludes halogenated alkanes) is 1. The Morgan fingerprint density at radius 2 is 2.17 bits per heavy atom. The zero-order valence-corrected chi connectivity index (χ0v) is 13.4. The molecule has 1 saturated carbocycles. The number of fused-ring (bicyclic) bond motifs is 1. The summed E-state index contributed by atoms with van der Waals surface area (Å²) in [5, 5.41) is 6.59. The molecule has 0 bridgehead atoms. The third-order valence-corrected chi connectivity index (χ3v) is 4.35. The standard InChI is InChI=1S/C17H25F2N3O/c18-17(19)12-15(17)23-11-10-20-8-2-1-5-14-7-6-13-4-3-9-21-16(13)22-14/h6-7,15,20H,1-5,8-12H2,(H,21,22). The van der Waals surface area contributed by atoms with Gasteiger partial charge in [0.15, 0.2) is 0 Å². The molecule has 2 heterocycles. The first kappa shape index (κ1) is 16.6. The molecule has 1 aliphatic carbocycles. The van der Waals surface area contributed by atoms with Crippen LogP contribution >= 0.6 is 0 Å². The molecule has 1 fully saturated rings. The molecule has 4 nitrogen and oxygen atoms in total. The summed E-state index contributed by atoms with van der Waals surface area (Å²) in [5.41, 5.74) is 2.46. The number of alkyl halides is 2. The van der Waals surface area contributed by atoms with E-state index in [1.165, 1.54) is 12.0 Å². The van der Waals surface area contributed by atoms with Crippen LogP contribution in [0.25, 0.3) is 0 Å². The van der Waals surface area contributed by atoms with Crippen molar-refractivity contribution < 1.29 is 13.5 Å². The molecule has 23 heavy (non-hydrogen) atoms. The predicted octanol–water partition coefficient (Wildman–Crippen LogP) is 2.78. The van der Waals surface area contributed by atoms with Gasteiger partial charge in [-0.15, -0.1) is 0 Å². The summed E-state index contributed by atoms with van der Waals surface area (Å²) in [6.45, 7) is 2.89. The molecule has 0 spiro atoms. The molecule has 0 aromatic carbocycles. The van der Waals surface area contributed by atoms with Crippen LogP contribution in [0.4, 0.5) is 14.6 Å². The highest BCUT2D eigenvalue weighted by Crippen LogP contribution is 2.44. The van der Waals surface area contributed by atoms with Gasteiger partial charge in [0.1, 0.15) is 11.9 Å².